The molecule has 0 aromatic heterocycles. The van der Waals surface area contributed by atoms with Gasteiger partial charge in [0, 0.05) is 17.6 Å². The predicted molar refractivity (Wildman–Crippen MR) is 59.9 cm³/mol. The standard InChI is InChI=1S/C11H13NO2S/c13-15(14)6-5-11-9(7-15)8-3-1-2-4-10(8)12-11/h1-4,9,11-12H,5-7H2. The Balaban J connectivity index is 2.03. The van der Waals surface area contributed by atoms with E-state index in [9.17, 15) is 8.42 Å². The lowest BCUT2D eigenvalue weighted by Gasteiger charge is -2.25. The number of para-hydroxylation sites is 1. The summed E-state index contributed by atoms with van der Waals surface area (Å²) >= 11 is 0. The first-order valence-corrected chi connectivity index (χ1v) is 7.04. The molecule has 1 fully saturated rings. The van der Waals surface area contributed by atoms with Crippen molar-refractivity contribution in [1.29, 1.82) is 0 Å². The molecular formula is C11H13NO2S. The molecular weight excluding hydrogens is 210 g/mol. The first-order valence-electron chi connectivity index (χ1n) is 5.22. The van der Waals surface area contributed by atoms with Gasteiger partial charge in [-0.15, -0.1) is 0 Å². The Morgan fingerprint density at radius 1 is 1.27 bits per heavy atom. The summed E-state index contributed by atoms with van der Waals surface area (Å²) < 4.78 is 23.2. The third kappa shape index (κ3) is 1.44. The fraction of sp³-hybridized carbons (Fsp3) is 0.455. The van der Waals surface area contributed by atoms with E-state index in [0.29, 0.717) is 17.5 Å². The fourth-order valence-electron chi connectivity index (χ4n) is 2.61. The Labute approximate surface area is 89.4 Å². The first kappa shape index (κ1) is 9.21. The van der Waals surface area contributed by atoms with Crippen LogP contribution in [0.1, 0.15) is 17.9 Å². The summed E-state index contributed by atoms with van der Waals surface area (Å²) in [6, 6.07) is 8.35. The van der Waals surface area contributed by atoms with E-state index in [1.54, 1.807) is 0 Å². The van der Waals surface area contributed by atoms with Gasteiger partial charge in [-0.3, -0.25) is 0 Å². The van der Waals surface area contributed by atoms with Gasteiger partial charge in [0.05, 0.1) is 11.5 Å². The van der Waals surface area contributed by atoms with E-state index < -0.39 is 9.84 Å². The molecule has 80 valence electrons. The van der Waals surface area contributed by atoms with Crippen molar-refractivity contribution in [1.82, 2.24) is 0 Å². The van der Waals surface area contributed by atoms with Crippen LogP contribution in [0.5, 0.6) is 0 Å². The Hall–Kier alpha value is -1.03. The SMILES string of the molecule is O=S1(=O)CCC2Nc3ccccc3C2C1. The summed E-state index contributed by atoms with van der Waals surface area (Å²) in [6.45, 7) is 0. The molecule has 0 radical (unpaired) electrons. The molecule has 0 aliphatic carbocycles. The molecule has 0 amide bonds. The zero-order valence-electron chi connectivity index (χ0n) is 8.31. The van der Waals surface area contributed by atoms with Crippen molar-refractivity contribution in [2.45, 2.75) is 18.4 Å². The third-order valence-corrected chi connectivity index (χ3v) is 5.08. The van der Waals surface area contributed by atoms with Gasteiger partial charge in [-0.25, -0.2) is 8.42 Å². The second kappa shape index (κ2) is 2.98. The van der Waals surface area contributed by atoms with Crippen LogP contribution >= 0.6 is 0 Å². The van der Waals surface area contributed by atoms with Crippen LogP contribution in [0.25, 0.3) is 0 Å². The molecule has 4 heteroatoms. The molecule has 1 aromatic carbocycles. The van der Waals surface area contributed by atoms with Gasteiger partial charge in [0.1, 0.15) is 0 Å². The zero-order chi connectivity index (χ0) is 10.5. The van der Waals surface area contributed by atoms with Gasteiger partial charge in [-0.2, -0.15) is 0 Å². The molecule has 2 aliphatic heterocycles. The number of fused-ring (bicyclic) bond motifs is 3. The highest BCUT2D eigenvalue weighted by Gasteiger charge is 2.39. The smallest absolute Gasteiger partial charge is 0.151 e. The van der Waals surface area contributed by atoms with E-state index in [1.165, 1.54) is 5.56 Å². The van der Waals surface area contributed by atoms with Crippen LogP contribution in [-0.4, -0.2) is 26.0 Å². The Morgan fingerprint density at radius 3 is 2.93 bits per heavy atom. The van der Waals surface area contributed by atoms with Crippen LogP contribution in [0.4, 0.5) is 5.69 Å². The van der Waals surface area contributed by atoms with Crippen molar-refractivity contribution < 1.29 is 8.42 Å². The largest absolute Gasteiger partial charge is 0.381 e. The van der Waals surface area contributed by atoms with Crippen LogP contribution in [0.3, 0.4) is 0 Å². The molecule has 0 saturated carbocycles. The van der Waals surface area contributed by atoms with E-state index >= 15 is 0 Å². The van der Waals surface area contributed by atoms with Crippen molar-refractivity contribution in [3.05, 3.63) is 29.8 Å². The van der Waals surface area contributed by atoms with E-state index in [2.05, 4.69) is 5.32 Å². The van der Waals surface area contributed by atoms with Crippen molar-refractivity contribution in [2.75, 3.05) is 16.8 Å². The predicted octanol–water partition coefficient (Wildman–Crippen LogP) is 1.38. The number of hydrogen-bond donors (Lipinski definition) is 1. The summed E-state index contributed by atoms with van der Waals surface area (Å²) in [5.41, 5.74) is 2.29. The highest BCUT2D eigenvalue weighted by atomic mass is 32.2. The van der Waals surface area contributed by atoms with Crippen LogP contribution in [0.15, 0.2) is 24.3 Å². The minimum absolute atomic E-state index is 0.167. The third-order valence-electron chi connectivity index (χ3n) is 3.36. The summed E-state index contributed by atoms with van der Waals surface area (Å²) in [6.07, 6.45) is 0.738. The van der Waals surface area contributed by atoms with Gasteiger partial charge < -0.3 is 5.32 Å². The number of sulfone groups is 1. The number of nitrogens with one attached hydrogen (secondary N) is 1. The molecule has 2 heterocycles. The molecule has 1 saturated heterocycles. The molecule has 0 bridgehead atoms. The topological polar surface area (TPSA) is 46.2 Å². The minimum atomic E-state index is -2.82. The van der Waals surface area contributed by atoms with E-state index in [1.807, 2.05) is 24.3 Å². The van der Waals surface area contributed by atoms with Crippen molar-refractivity contribution in [2.24, 2.45) is 0 Å². The average Bonchev–Trinajstić information content (AvgIpc) is 2.55. The van der Waals surface area contributed by atoms with Gasteiger partial charge in [0.15, 0.2) is 9.84 Å². The lowest BCUT2D eigenvalue weighted by Crippen LogP contribution is -2.35. The monoisotopic (exact) mass is 223 g/mol. The molecule has 2 aliphatic rings. The molecule has 0 spiro atoms. The summed E-state index contributed by atoms with van der Waals surface area (Å²) in [4.78, 5) is 0. The maximum atomic E-state index is 11.6. The van der Waals surface area contributed by atoms with Gasteiger partial charge in [-0.05, 0) is 18.1 Å². The molecule has 3 nitrogen and oxygen atoms in total. The normalized spacial score (nSPS) is 31.5. The molecule has 2 atom stereocenters. The number of rotatable bonds is 0. The Bertz CT molecular complexity index is 495. The molecule has 3 rings (SSSR count). The summed E-state index contributed by atoms with van der Waals surface area (Å²) in [5, 5.41) is 3.41. The second-order valence-electron chi connectivity index (χ2n) is 4.35. The van der Waals surface area contributed by atoms with Crippen molar-refractivity contribution in [3.8, 4) is 0 Å². The van der Waals surface area contributed by atoms with E-state index in [-0.39, 0.29) is 5.92 Å². The quantitative estimate of drug-likeness (QED) is 0.723. The van der Waals surface area contributed by atoms with Crippen LogP contribution < -0.4 is 5.32 Å². The van der Waals surface area contributed by atoms with E-state index in [0.717, 1.165) is 12.1 Å². The van der Waals surface area contributed by atoms with Crippen LogP contribution in [0, 0.1) is 0 Å². The Morgan fingerprint density at radius 2 is 2.07 bits per heavy atom. The lowest BCUT2D eigenvalue weighted by atomic mass is 9.95. The van der Waals surface area contributed by atoms with Gasteiger partial charge >= 0.3 is 0 Å². The summed E-state index contributed by atoms with van der Waals surface area (Å²) in [7, 11) is -2.82. The number of hydrogen-bond acceptors (Lipinski definition) is 3. The number of anilines is 1. The van der Waals surface area contributed by atoms with Crippen molar-refractivity contribution in [3.63, 3.8) is 0 Å². The molecule has 2 unspecified atom stereocenters. The van der Waals surface area contributed by atoms with Gasteiger partial charge in [-0.1, -0.05) is 18.2 Å². The van der Waals surface area contributed by atoms with Gasteiger partial charge in [0.25, 0.3) is 0 Å². The highest BCUT2D eigenvalue weighted by Crippen LogP contribution is 2.40. The van der Waals surface area contributed by atoms with Crippen LogP contribution in [0.2, 0.25) is 0 Å². The van der Waals surface area contributed by atoms with Crippen molar-refractivity contribution >= 4 is 15.5 Å². The molecule has 15 heavy (non-hydrogen) atoms. The summed E-state index contributed by atoms with van der Waals surface area (Å²) in [5.74, 6) is 0.802. The highest BCUT2D eigenvalue weighted by molar-refractivity contribution is 7.91. The molecule has 1 N–H and O–H groups in total. The maximum absolute atomic E-state index is 11.6. The second-order valence-corrected chi connectivity index (χ2v) is 6.58. The van der Waals surface area contributed by atoms with E-state index in [4.69, 9.17) is 0 Å². The Kier molecular flexibility index (Phi) is 1.83. The lowest BCUT2D eigenvalue weighted by molar-refractivity contribution is 0.539. The average molecular weight is 223 g/mol. The first-order chi connectivity index (χ1) is 7.16. The fourth-order valence-corrected chi connectivity index (χ4v) is 4.35. The molecule has 1 aromatic rings. The number of benzene rings is 1. The van der Waals surface area contributed by atoms with Crippen LogP contribution in [-0.2, 0) is 9.84 Å². The zero-order valence-corrected chi connectivity index (χ0v) is 9.13. The minimum Gasteiger partial charge on any atom is -0.381 e. The van der Waals surface area contributed by atoms with Gasteiger partial charge in [0.2, 0.25) is 0 Å². The maximum Gasteiger partial charge on any atom is 0.151 e.